The molecule has 3 nitrogen and oxygen atoms in total. The summed E-state index contributed by atoms with van der Waals surface area (Å²) in [4.78, 5) is 12.0. The minimum absolute atomic E-state index is 0. The minimum Gasteiger partial charge on any atom is -0.354 e. The third-order valence-electron chi connectivity index (χ3n) is 2.90. The number of piperidine rings is 1. The Hall–Kier alpha value is -0.280. The van der Waals surface area contributed by atoms with Crippen LogP contribution in [0.15, 0.2) is 0 Å². The molecule has 0 radical (unpaired) electrons. The van der Waals surface area contributed by atoms with Gasteiger partial charge in [-0.05, 0) is 38.1 Å². The van der Waals surface area contributed by atoms with E-state index in [2.05, 4.69) is 31.4 Å². The lowest BCUT2D eigenvalue weighted by Gasteiger charge is -2.34. The molecule has 0 aliphatic carbocycles. The van der Waals surface area contributed by atoms with Crippen molar-refractivity contribution in [2.75, 3.05) is 13.1 Å². The van der Waals surface area contributed by atoms with E-state index in [1.165, 1.54) is 6.42 Å². The van der Waals surface area contributed by atoms with E-state index in [4.69, 9.17) is 0 Å². The summed E-state index contributed by atoms with van der Waals surface area (Å²) in [5.41, 5.74) is -0.190. The second-order valence-electron chi connectivity index (χ2n) is 5.96. The summed E-state index contributed by atoms with van der Waals surface area (Å²) in [6, 6.07) is 0. The van der Waals surface area contributed by atoms with Crippen molar-refractivity contribution in [3.8, 4) is 0 Å². The number of nitrogens with one attached hydrogen (secondary N) is 2. The molecule has 0 saturated carbocycles. The average molecular weight is 249 g/mol. The van der Waals surface area contributed by atoms with Gasteiger partial charge in [-0.2, -0.15) is 0 Å². The molecule has 1 rings (SSSR count). The SMILES string of the molecule is CC(C)(C)CNC(=O)C1(C)CCCCN1.Cl. The molecule has 1 atom stereocenters. The van der Waals surface area contributed by atoms with Crippen molar-refractivity contribution >= 4 is 18.3 Å². The first-order chi connectivity index (χ1) is 6.83. The number of hydrogen-bond acceptors (Lipinski definition) is 2. The van der Waals surface area contributed by atoms with Crippen LogP contribution in [0.2, 0.25) is 0 Å². The van der Waals surface area contributed by atoms with Crippen molar-refractivity contribution in [3.63, 3.8) is 0 Å². The van der Waals surface area contributed by atoms with E-state index in [9.17, 15) is 4.79 Å². The van der Waals surface area contributed by atoms with Gasteiger partial charge in [0.05, 0.1) is 5.54 Å². The fourth-order valence-electron chi connectivity index (χ4n) is 1.79. The third kappa shape index (κ3) is 4.71. The van der Waals surface area contributed by atoms with E-state index in [0.29, 0.717) is 0 Å². The highest BCUT2D eigenvalue weighted by molar-refractivity contribution is 5.86. The van der Waals surface area contributed by atoms with Crippen LogP contribution < -0.4 is 10.6 Å². The van der Waals surface area contributed by atoms with Crippen LogP contribution in [0.1, 0.15) is 47.0 Å². The second-order valence-corrected chi connectivity index (χ2v) is 5.96. The Morgan fingerprint density at radius 2 is 2.00 bits per heavy atom. The molecule has 1 fully saturated rings. The maximum Gasteiger partial charge on any atom is 0.240 e. The van der Waals surface area contributed by atoms with Crippen LogP contribution in [0.25, 0.3) is 0 Å². The van der Waals surface area contributed by atoms with Crippen LogP contribution >= 0.6 is 12.4 Å². The van der Waals surface area contributed by atoms with Crippen LogP contribution in [0.5, 0.6) is 0 Å². The summed E-state index contributed by atoms with van der Waals surface area (Å²) in [5.74, 6) is 0.150. The smallest absolute Gasteiger partial charge is 0.240 e. The minimum atomic E-state index is -0.344. The van der Waals surface area contributed by atoms with Gasteiger partial charge in [0.25, 0.3) is 0 Å². The van der Waals surface area contributed by atoms with Gasteiger partial charge in [-0.1, -0.05) is 20.8 Å². The largest absolute Gasteiger partial charge is 0.354 e. The topological polar surface area (TPSA) is 41.1 Å². The number of amides is 1. The average Bonchev–Trinajstić information content (AvgIpc) is 2.14. The first-order valence-electron chi connectivity index (χ1n) is 5.87. The summed E-state index contributed by atoms with van der Waals surface area (Å²) in [6.07, 6.45) is 3.28. The Morgan fingerprint density at radius 3 is 2.44 bits per heavy atom. The molecule has 0 aromatic carbocycles. The number of carbonyl (C=O) groups excluding carboxylic acids is 1. The number of halogens is 1. The van der Waals surface area contributed by atoms with Gasteiger partial charge in [-0.3, -0.25) is 4.79 Å². The summed E-state index contributed by atoms with van der Waals surface area (Å²) in [6.45, 7) is 10.1. The fourth-order valence-corrected chi connectivity index (χ4v) is 1.79. The fraction of sp³-hybridized carbons (Fsp3) is 0.917. The monoisotopic (exact) mass is 248 g/mol. The van der Waals surface area contributed by atoms with Crippen molar-refractivity contribution in [2.24, 2.45) is 5.41 Å². The van der Waals surface area contributed by atoms with Gasteiger partial charge in [0.2, 0.25) is 5.91 Å². The van der Waals surface area contributed by atoms with Crippen LogP contribution in [0.3, 0.4) is 0 Å². The van der Waals surface area contributed by atoms with E-state index in [1.54, 1.807) is 0 Å². The maximum atomic E-state index is 12.0. The molecule has 0 bridgehead atoms. The van der Waals surface area contributed by atoms with Crippen LogP contribution in [0.4, 0.5) is 0 Å². The van der Waals surface area contributed by atoms with Crippen LogP contribution in [-0.2, 0) is 4.79 Å². The molecule has 1 amide bonds. The lowest BCUT2D eigenvalue weighted by atomic mass is 9.89. The molecule has 1 aliphatic heterocycles. The molecule has 0 spiro atoms. The standard InChI is InChI=1S/C12H24N2O.ClH/c1-11(2,3)9-13-10(15)12(4)7-5-6-8-14-12;/h14H,5-9H2,1-4H3,(H,13,15);1H. The highest BCUT2D eigenvalue weighted by Gasteiger charge is 2.34. The maximum absolute atomic E-state index is 12.0. The molecule has 1 heterocycles. The zero-order valence-electron chi connectivity index (χ0n) is 10.9. The Bertz CT molecular complexity index is 230. The highest BCUT2D eigenvalue weighted by atomic mass is 35.5. The molecule has 1 saturated heterocycles. The van der Waals surface area contributed by atoms with Gasteiger partial charge in [0.1, 0.15) is 0 Å². The van der Waals surface area contributed by atoms with E-state index >= 15 is 0 Å². The van der Waals surface area contributed by atoms with Crippen molar-refractivity contribution in [1.29, 1.82) is 0 Å². The lowest BCUT2D eigenvalue weighted by Crippen LogP contribution is -2.57. The van der Waals surface area contributed by atoms with Crippen LogP contribution in [-0.4, -0.2) is 24.5 Å². The first-order valence-corrected chi connectivity index (χ1v) is 5.87. The molecule has 1 unspecified atom stereocenters. The molecule has 2 N–H and O–H groups in total. The Kier molecular flexibility index (Phi) is 5.77. The molecular formula is C12H25ClN2O. The van der Waals surface area contributed by atoms with E-state index in [0.717, 1.165) is 25.9 Å². The van der Waals surface area contributed by atoms with Gasteiger partial charge in [-0.25, -0.2) is 0 Å². The molecule has 1 aliphatic rings. The van der Waals surface area contributed by atoms with Gasteiger partial charge < -0.3 is 10.6 Å². The van der Waals surface area contributed by atoms with E-state index in [-0.39, 0.29) is 29.3 Å². The molecule has 0 aromatic heterocycles. The van der Waals surface area contributed by atoms with Crippen molar-refractivity contribution in [1.82, 2.24) is 10.6 Å². The van der Waals surface area contributed by atoms with Crippen LogP contribution in [0, 0.1) is 5.41 Å². The Morgan fingerprint density at radius 1 is 1.38 bits per heavy atom. The molecule has 4 heteroatoms. The molecule has 0 aromatic rings. The second kappa shape index (κ2) is 5.87. The van der Waals surface area contributed by atoms with Crippen molar-refractivity contribution < 1.29 is 4.79 Å². The quantitative estimate of drug-likeness (QED) is 0.786. The van der Waals surface area contributed by atoms with Gasteiger partial charge in [-0.15, -0.1) is 12.4 Å². The van der Waals surface area contributed by atoms with Crippen molar-refractivity contribution in [2.45, 2.75) is 52.5 Å². The normalized spacial score (nSPS) is 25.8. The Labute approximate surface area is 105 Å². The lowest BCUT2D eigenvalue weighted by molar-refractivity contribution is -0.128. The van der Waals surface area contributed by atoms with Gasteiger partial charge in [0.15, 0.2) is 0 Å². The first kappa shape index (κ1) is 15.7. The third-order valence-corrected chi connectivity index (χ3v) is 2.90. The zero-order valence-corrected chi connectivity index (χ0v) is 11.7. The van der Waals surface area contributed by atoms with Gasteiger partial charge in [0, 0.05) is 6.54 Å². The Balaban J connectivity index is 0.00000225. The predicted molar refractivity (Wildman–Crippen MR) is 70.0 cm³/mol. The predicted octanol–water partition coefficient (Wildman–Crippen LogP) is 2.10. The number of rotatable bonds is 2. The number of hydrogen-bond donors (Lipinski definition) is 2. The summed E-state index contributed by atoms with van der Waals surface area (Å²) < 4.78 is 0. The van der Waals surface area contributed by atoms with E-state index < -0.39 is 0 Å². The molecule has 16 heavy (non-hydrogen) atoms. The summed E-state index contributed by atoms with van der Waals surface area (Å²) >= 11 is 0. The van der Waals surface area contributed by atoms with Crippen molar-refractivity contribution in [3.05, 3.63) is 0 Å². The van der Waals surface area contributed by atoms with E-state index in [1.807, 2.05) is 6.92 Å². The van der Waals surface area contributed by atoms with Gasteiger partial charge >= 0.3 is 0 Å². The summed E-state index contributed by atoms with van der Waals surface area (Å²) in [7, 11) is 0. The molecular weight excluding hydrogens is 224 g/mol. The number of carbonyl (C=O) groups is 1. The summed E-state index contributed by atoms with van der Waals surface area (Å²) in [5, 5.41) is 6.35. The highest BCUT2D eigenvalue weighted by Crippen LogP contribution is 2.19. The zero-order chi connectivity index (χ0) is 11.5. The molecule has 96 valence electrons.